The summed E-state index contributed by atoms with van der Waals surface area (Å²) in [5.41, 5.74) is 0.479. The first-order valence-corrected chi connectivity index (χ1v) is 9.75. The maximum absolute atomic E-state index is 12.9. The molecule has 6 nitrogen and oxygen atoms in total. The van der Waals surface area contributed by atoms with Crippen LogP contribution in [0.5, 0.6) is 0 Å². The molecule has 0 unspecified atom stereocenters. The van der Waals surface area contributed by atoms with E-state index in [4.69, 9.17) is 11.6 Å². The van der Waals surface area contributed by atoms with E-state index >= 15 is 0 Å². The molecule has 2 aromatic carbocycles. The van der Waals surface area contributed by atoms with E-state index in [1.54, 1.807) is 0 Å². The number of benzene rings is 2. The van der Waals surface area contributed by atoms with Crippen LogP contribution in [-0.4, -0.2) is 49.8 Å². The molecule has 0 aliphatic carbocycles. The zero-order chi connectivity index (χ0) is 18.7. The Labute approximate surface area is 156 Å². The number of hydrogen-bond donors (Lipinski definition) is 1. The Kier molecular flexibility index (Phi) is 5.45. The maximum atomic E-state index is 12.9. The van der Waals surface area contributed by atoms with E-state index in [2.05, 4.69) is 5.32 Å². The number of carbonyl (C=O) groups excluding carboxylic acids is 1. The largest absolute Gasteiger partial charge is 0.322 e. The highest BCUT2D eigenvalue weighted by Gasteiger charge is 2.30. The maximum Gasteiger partial charge on any atom is 0.321 e. The second-order valence-electron chi connectivity index (χ2n) is 5.78. The molecule has 1 heterocycles. The summed E-state index contributed by atoms with van der Waals surface area (Å²) in [5, 5.41) is 3.13. The average Bonchev–Trinajstić information content (AvgIpc) is 2.64. The number of sulfonamides is 1. The fourth-order valence-corrected chi connectivity index (χ4v) is 4.17. The van der Waals surface area contributed by atoms with Crippen LogP contribution in [0.1, 0.15) is 0 Å². The van der Waals surface area contributed by atoms with Gasteiger partial charge in [0.05, 0.1) is 4.90 Å². The van der Waals surface area contributed by atoms with Crippen LogP contribution in [0.2, 0.25) is 5.02 Å². The number of nitrogens with zero attached hydrogens (tertiary/aromatic N) is 2. The number of rotatable bonds is 3. The molecule has 2 aromatic rings. The molecule has 0 atom stereocenters. The first-order chi connectivity index (χ1) is 12.4. The van der Waals surface area contributed by atoms with Crippen molar-refractivity contribution < 1.29 is 17.6 Å². The SMILES string of the molecule is O=C(Nc1ccc(F)cc1)N1CCN(S(=O)(=O)c2ccc(Cl)cc2)CC1. The van der Waals surface area contributed by atoms with Crippen LogP contribution in [0.3, 0.4) is 0 Å². The van der Waals surface area contributed by atoms with E-state index in [0.29, 0.717) is 10.7 Å². The van der Waals surface area contributed by atoms with E-state index in [1.165, 1.54) is 57.7 Å². The van der Waals surface area contributed by atoms with Crippen molar-refractivity contribution in [1.29, 1.82) is 0 Å². The average molecular weight is 398 g/mol. The van der Waals surface area contributed by atoms with Crippen LogP contribution in [0.15, 0.2) is 53.4 Å². The summed E-state index contributed by atoms with van der Waals surface area (Å²) in [5.74, 6) is -0.385. The lowest BCUT2D eigenvalue weighted by Crippen LogP contribution is -2.51. The predicted molar refractivity (Wildman–Crippen MR) is 97.2 cm³/mol. The van der Waals surface area contributed by atoms with E-state index in [1.807, 2.05) is 0 Å². The zero-order valence-electron chi connectivity index (χ0n) is 13.7. The van der Waals surface area contributed by atoms with Gasteiger partial charge in [-0.25, -0.2) is 17.6 Å². The fourth-order valence-electron chi connectivity index (χ4n) is 2.62. The summed E-state index contributed by atoms with van der Waals surface area (Å²) in [6.07, 6.45) is 0. The predicted octanol–water partition coefficient (Wildman–Crippen LogP) is 3.02. The van der Waals surface area contributed by atoms with Gasteiger partial charge in [-0.05, 0) is 48.5 Å². The van der Waals surface area contributed by atoms with Crippen molar-refractivity contribution >= 4 is 33.3 Å². The normalized spacial score (nSPS) is 15.7. The van der Waals surface area contributed by atoms with Gasteiger partial charge in [0.25, 0.3) is 0 Å². The van der Waals surface area contributed by atoms with Crippen LogP contribution in [0, 0.1) is 5.82 Å². The molecule has 1 fully saturated rings. The smallest absolute Gasteiger partial charge is 0.321 e. The fraction of sp³-hybridized carbons (Fsp3) is 0.235. The first-order valence-electron chi connectivity index (χ1n) is 7.93. The van der Waals surface area contributed by atoms with Crippen molar-refractivity contribution in [3.63, 3.8) is 0 Å². The Morgan fingerprint density at radius 3 is 2.12 bits per heavy atom. The molecule has 1 N–H and O–H groups in total. The number of amides is 2. The Morgan fingerprint density at radius 2 is 1.54 bits per heavy atom. The highest BCUT2D eigenvalue weighted by Crippen LogP contribution is 2.20. The van der Waals surface area contributed by atoms with E-state index < -0.39 is 10.0 Å². The number of hydrogen-bond acceptors (Lipinski definition) is 3. The zero-order valence-corrected chi connectivity index (χ0v) is 15.3. The summed E-state index contributed by atoms with van der Waals surface area (Å²) in [6, 6.07) is 11.1. The monoisotopic (exact) mass is 397 g/mol. The molecule has 0 aromatic heterocycles. The van der Waals surface area contributed by atoms with Crippen LogP contribution in [0.4, 0.5) is 14.9 Å². The second kappa shape index (κ2) is 7.61. The number of urea groups is 1. The lowest BCUT2D eigenvalue weighted by Gasteiger charge is -2.34. The molecule has 3 rings (SSSR count). The molecular formula is C17H17ClFN3O3S. The van der Waals surface area contributed by atoms with Gasteiger partial charge in [-0.2, -0.15) is 4.31 Å². The first kappa shape index (κ1) is 18.6. The minimum Gasteiger partial charge on any atom is -0.322 e. The number of carbonyl (C=O) groups is 1. The van der Waals surface area contributed by atoms with Crippen molar-refractivity contribution in [2.75, 3.05) is 31.5 Å². The highest BCUT2D eigenvalue weighted by atomic mass is 35.5. The number of halogens is 2. The Bertz CT molecular complexity index is 880. The van der Waals surface area contributed by atoms with E-state index in [0.717, 1.165) is 0 Å². The molecule has 0 radical (unpaired) electrons. The summed E-state index contributed by atoms with van der Waals surface area (Å²) >= 11 is 5.80. The quantitative estimate of drug-likeness (QED) is 0.865. The summed E-state index contributed by atoms with van der Waals surface area (Å²) in [7, 11) is -3.62. The van der Waals surface area contributed by atoms with Gasteiger partial charge in [0.1, 0.15) is 5.82 Å². The van der Waals surface area contributed by atoms with Gasteiger partial charge >= 0.3 is 6.03 Å². The third-order valence-electron chi connectivity index (χ3n) is 4.07. The van der Waals surface area contributed by atoms with Crippen LogP contribution >= 0.6 is 11.6 Å². The standard InChI is InChI=1S/C17H17ClFN3O3S/c18-13-1-7-16(8-2-13)26(24,25)22-11-9-21(10-12-22)17(23)20-15-5-3-14(19)4-6-15/h1-8H,9-12H2,(H,20,23). The minimum atomic E-state index is -3.62. The van der Waals surface area contributed by atoms with Gasteiger partial charge in [0, 0.05) is 36.9 Å². The van der Waals surface area contributed by atoms with Crippen LogP contribution in [-0.2, 0) is 10.0 Å². The van der Waals surface area contributed by atoms with Gasteiger partial charge in [0.15, 0.2) is 0 Å². The Morgan fingerprint density at radius 1 is 0.962 bits per heavy atom. The van der Waals surface area contributed by atoms with Crippen LogP contribution in [0.25, 0.3) is 0 Å². The molecular weight excluding hydrogens is 381 g/mol. The van der Waals surface area contributed by atoms with Gasteiger partial charge in [-0.1, -0.05) is 11.6 Å². The van der Waals surface area contributed by atoms with Gasteiger partial charge in [-0.3, -0.25) is 0 Å². The summed E-state index contributed by atoms with van der Waals surface area (Å²) in [4.78, 5) is 14.0. The van der Waals surface area contributed by atoms with E-state index in [9.17, 15) is 17.6 Å². The molecule has 1 saturated heterocycles. The number of piperazine rings is 1. The molecule has 1 aliphatic rings. The van der Waals surface area contributed by atoms with Crippen molar-refractivity contribution in [2.24, 2.45) is 0 Å². The Balaban J connectivity index is 1.60. The summed E-state index contributed by atoms with van der Waals surface area (Å²) < 4.78 is 39.5. The molecule has 9 heteroatoms. The third kappa shape index (κ3) is 4.14. The minimum absolute atomic E-state index is 0.172. The third-order valence-corrected chi connectivity index (χ3v) is 6.24. The van der Waals surface area contributed by atoms with Crippen molar-refractivity contribution in [3.05, 3.63) is 59.4 Å². The Hall–Kier alpha value is -2.16. The van der Waals surface area contributed by atoms with Gasteiger partial charge in [0.2, 0.25) is 10.0 Å². The van der Waals surface area contributed by atoms with Crippen molar-refractivity contribution in [1.82, 2.24) is 9.21 Å². The molecule has 26 heavy (non-hydrogen) atoms. The lowest BCUT2D eigenvalue weighted by atomic mass is 10.3. The van der Waals surface area contributed by atoms with Gasteiger partial charge < -0.3 is 10.2 Å². The molecule has 0 spiro atoms. The van der Waals surface area contributed by atoms with Crippen molar-refractivity contribution in [2.45, 2.75) is 4.90 Å². The van der Waals surface area contributed by atoms with E-state index in [-0.39, 0.29) is 42.9 Å². The summed E-state index contributed by atoms with van der Waals surface area (Å²) in [6.45, 7) is 0.920. The molecule has 138 valence electrons. The highest BCUT2D eigenvalue weighted by molar-refractivity contribution is 7.89. The molecule has 0 saturated carbocycles. The number of nitrogens with one attached hydrogen (secondary N) is 1. The van der Waals surface area contributed by atoms with Crippen LogP contribution < -0.4 is 5.32 Å². The number of anilines is 1. The molecule has 0 bridgehead atoms. The second-order valence-corrected chi connectivity index (χ2v) is 8.16. The molecule has 2 amide bonds. The molecule has 1 aliphatic heterocycles. The topological polar surface area (TPSA) is 69.7 Å². The lowest BCUT2D eigenvalue weighted by molar-refractivity contribution is 0.184. The van der Waals surface area contributed by atoms with Gasteiger partial charge in [-0.15, -0.1) is 0 Å². The van der Waals surface area contributed by atoms with Crippen molar-refractivity contribution in [3.8, 4) is 0 Å².